The largest absolute Gasteiger partial charge is 0.319 e. The Bertz CT molecular complexity index is 690. The summed E-state index contributed by atoms with van der Waals surface area (Å²) in [6.07, 6.45) is 0. The average Bonchev–Trinajstić information content (AvgIpc) is 2.78. The quantitative estimate of drug-likeness (QED) is 0.382. The van der Waals surface area contributed by atoms with Crippen LogP contribution in [-0.2, 0) is 0 Å². The second-order valence-corrected chi connectivity index (χ2v) is 4.40. The number of nitro groups is 1. The molecular formula is C12H14N6O3. The van der Waals surface area contributed by atoms with Crippen molar-refractivity contribution >= 4 is 23.0 Å². The van der Waals surface area contributed by atoms with E-state index in [1.165, 1.54) is 18.2 Å². The second kappa shape index (κ2) is 5.59. The lowest BCUT2D eigenvalue weighted by molar-refractivity contribution is -0.384. The van der Waals surface area contributed by atoms with Crippen molar-refractivity contribution in [2.75, 3.05) is 10.7 Å². The number of benzene rings is 1. The van der Waals surface area contributed by atoms with E-state index in [0.717, 1.165) is 5.69 Å². The Labute approximate surface area is 119 Å². The fraction of sp³-hybridized carbons (Fsp3) is 0.167. The van der Waals surface area contributed by atoms with Crippen molar-refractivity contribution in [2.45, 2.75) is 13.8 Å². The first-order valence-corrected chi connectivity index (χ1v) is 6.02. The maximum absolute atomic E-state index is 12.2. The zero-order valence-corrected chi connectivity index (χ0v) is 11.4. The SMILES string of the molecule is Cc1n[nH]c(C)c1NC(=O)c1ccc([N+](=O)[O-])c(NN)c1. The maximum Gasteiger partial charge on any atom is 0.293 e. The predicted octanol–water partition coefficient (Wildman–Crippen LogP) is 1.47. The van der Waals surface area contributed by atoms with Gasteiger partial charge in [-0.25, -0.2) is 0 Å². The molecule has 1 heterocycles. The van der Waals surface area contributed by atoms with Gasteiger partial charge in [-0.15, -0.1) is 0 Å². The van der Waals surface area contributed by atoms with Gasteiger partial charge in [0.2, 0.25) is 0 Å². The fourth-order valence-electron chi connectivity index (χ4n) is 1.87. The van der Waals surface area contributed by atoms with E-state index in [-0.39, 0.29) is 16.9 Å². The zero-order valence-electron chi connectivity index (χ0n) is 11.4. The number of carbonyl (C=O) groups is 1. The molecule has 0 aliphatic carbocycles. The van der Waals surface area contributed by atoms with Gasteiger partial charge in [0.05, 0.1) is 22.0 Å². The summed E-state index contributed by atoms with van der Waals surface area (Å²) in [6, 6.07) is 3.90. The molecule has 1 aromatic carbocycles. The summed E-state index contributed by atoms with van der Waals surface area (Å²) in [5.74, 6) is 4.83. The molecule has 2 aromatic rings. The predicted molar refractivity (Wildman–Crippen MR) is 76.9 cm³/mol. The van der Waals surface area contributed by atoms with E-state index in [4.69, 9.17) is 5.84 Å². The van der Waals surface area contributed by atoms with Crippen LogP contribution in [0.25, 0.3) is 0 Å². The molecule has 0 atom stereocenters. The van der Waals surface area contributed by atoms with Crippen molar-refractivity contribution in [3.05, 3.63) is 45.3 Å². The molecule has 0 unspecified atom stereocenters. The van der Waals surface area contributed by atoms with E-state index < -0.39 is 10.8 Å². The normalized spacial score (nSPS) is 10.2. The zero-order chi connectivity index (χ0) is 15.6. The number of rotatable bonds is 4. The summed E-state index contributed by atoms with van der Waals surface area (Å²) in [5, 5.41) is 20.2. The number of nitrogens with zero attached hydrogens (tertiary/aromatic N) is 2. The van der Waals surface area contributed by atoms with Gasteiger partial charge < -0.3 is 10.7 Å². The highest BCUT2D eigenvalue weighted by molar-refractivity contribution is 6.05. The number of hydrogen-bond donors (Lipinski definition) is 4. The van der Waals surface area contributed by atoms with Gasteiger partial charge in [0.15, 0.2) is 0 Å². The van der Waals surface area contributed by atoms with Gasteiger partial charge in [0.25, 0.3) is 11.6 Å². The van der Waals surface area contributed by atoms with Crippen LogP contribution in [0.5, 0.6) is 0 Å². The Kier molecular flexibility index (Phi) is 3.85. The number of hydrogen-bond acceptors (Lipinski definition) is 6. The second-order valence-electron chi connectivity index (χ2n) is 4.40. The molecule has 9 nitrogen and oxygen atoms in total. The van der Waals surface area contributed by atoms with Gasteiger partial charge in [-0.2, -0.15) is 5.10 Å². The molecule has 1 aromatic heterocycles. The molecule has 110 valence electrons. The van der Waals surface area contributed by atoms with Gasteiger partial charge in [-0.05, 0) is 26.0 Å². The molecule has 2 rings (SSSR count). The number of aromatic nitrogens is 2. The standard InChI is InChI=1S/C12H14N6O3/c1-6-11(7(2)17-16-6)14-12(19)8-3-4-10(18(20)21)9(5-8)15-13/h3-5,15H,13H2,1-2H3,(H,14,19)(H,16,17). The first kappa shape index (κ1) is 14.5. The minimum absolute atomic E-state index is 0.0632. The van der Waals surface area contributed by atoms with Crippen LogP contribution >= 0.6 is 0 Å². The highest BCUT2D eigenvalue weighted by atomic mass is 16.6. The van der Waals surface area contributed by atoms with E-state index >= 15 is 0 Å². The summed E-state index contributed by atoms with van der Waals surface area (Å²) in [7, 11) is 0. The van der Waals surface area contributed by atoms with E-state index in [2.05, 4.69) is 20.9 Å². The van der Waals surface area contributed by atoms with Crippen molar-refractivity contribution in [1.29, 1.82) is 0 Å². The Balaban J connectivity index is 2.30. The van der Waals surface area contributed by atoms with Crippen LogP contribution in [0, 0.1) is 24.0 Å². The van der Waals surface area contributed by atoms with Crippen molar-refractivity contribution in [2.24, 2.45) is 5.84 Å². The molecule has 0 bridgehead atoms. The summed E-state index contributed by atoms with van der Waals surface area (Å²) in [4.78, 5) is 22.4. The highest BCUT2D eigenvalue weighted by Gasteiger charge is 2.17. The summed E-state index contributed by atoms with van der Waals surface area (Å²) in [6.45, 7) is 3.53. The van der Waals surface area contributed by atoms with Gasteiger partial charge >= 0.3 is 0 Å². The van der Waals surface area contributed by atoms with Crippen LogP contribution in [0.15, 0.2) is 18.2 Å². The first-order valence-electron chi connectivity index (χ1n) is 6.02. The molecule has 0 aliphatic heterocycles. The molecule has 0 aliphatic rings. The lowest BCUT2D eigenvalue weighted by Crippen LogP contribution is -2.15. The number of nitrogens with one attached hydrogen (secondary N) is 3. The van der Waals surface area contributed by atoms with E-state index in [1.807, 2.05) is 0 Å². The number of H-pyrrole nitrogens is 1. The number of anilines is 2. The number of nitro benzene ring substituents is 1. The molecule has 0 radical (unpaired) electrons. The van der Waals surface area contributed by atoms with Gasteiger partial charge in [-0.3, -0.25) is 25.9 Å². The van der Waals surface area contributed by atoms with Crippen molar-refractivity contribution in [1.82, 2.24) is 10.2 Å². The third-order valence-corrected chi connectivity index (χ3v) is 2.98. The smallest absolute Gasteiger partial charge is 0.293 e. The summed E-state index contributed by atoms with van der Waals surface area (Å²) < 4.78 is 0. The highest BCUT2D eigenvalue weighted by Crippen LogP contribution is 2.25. The van der Waals surface area contributed by atoms with E-state index in [1.54, 1.807) is 13.8 Å². The molecule has 21 heavy (non-hydrogen) atoms. The number of amides is 1. The third-order valence-electron chi connectivity index (χ3n) is 2.98. The Morgan fingerprint density at radius 2 is 2.14 bits per heavy atom. The topological polar surface area (TPSA) is 139 Å². The van der Waals surface area contributed by atoms with Crippen molar-refractivity contribution < 1.29 is 9.72 Å². The minimum Gasteiger partial charge on any atom is -0.319 e. The third kappa shape index (κ3) is 2.82. The molecular weight excluding hydrogens is 276 g/mol. The van der Waals surface area contributed by atoms with Gasteiger partial charge in [0.1, 0.15) is 5.69 Å². The van der Waals surface area contributed by atoms with Crippen LogP contribution in [0.4, 0.5) is 17.1 Å². The van der Waals surface area contributed by atoms with Gasteiger partial charge in [0, 0.05) is 11.6 Å². The van der Waals surface area contributed by atoms with Crippen LogP contribution in [0.2, 0.25) is 0 Å². The van der Waals surface area contributed by atoms with Crippen molar-refractivity contribution in [3.8, 4) is 0 Å². The van der Waals surface area contributed by atoms with Gasteiger partial charge in [-0.1, -0.05) is 0 Å². The molecule has 0 saturated heterocycles. The first-order chi connectivity index (χ1) is 9.93. The summed E-state index contributed by atoms with van der Waals surface area (Å²) >= 11 is 0. The number of nitrogen functional groups attached to an aromatic ring is 1. The lowest BCUT2D eigenvalue weighted by Gasteiger charge is -2.07. The lowest BCUT2D eigenvalue weighted by atomic mass is 10.1. The Morgan fingerprint density at radius 3 is 2.67 bits per heavy atom. The van der Waals surface area contributed by atoms with E-state index in [0.29, 0.717) is 11.4 Å². The molecule has 0 fully saturated rings. The molecule has 1 amide bonds. The van der Waals surface area contributed by atoms with Crippen LogP contribution < -0.4 is 16.6 Å². The molecule has 0 saturated carbocycles. The monoisotopic (exact) mass is 290 g/mol. The number of aryl methyl sites for hydroxylation is 2. The van der Waals surface area contributed by atoms with E-state index in [9.17, 15) is 14.9 Å². The minimum atomic E-state index is -0.582. The Morgan fingerprint density at radius 1 is 1.43 bits per heavy atom. The Hall–Kier alpha value is -2.94. The number of nitrogens with two attached hydrogens (primary N) is 1. The van der Waals surface area contributed by atoms with Crippen LogP contribution in [-0.4, -0.2) is 21.0 Å². The van der Waals surface area contributed by atoms with Crippen LogP contribution in [0.1, 0.15) is 21.7 Å². The van der Waals surface area contributed by atoms with Crippen molar-refractivity contribution in [3.63, 3.8) is 0 Å². The molecule has 5 N–H and O–H groups in total. The maximum atomic E-state index is 12.2. The number of hydrazine groups is 1. The molecule has 0 spiro atoms. The molecule has 9 heteroatoms. The number of carbonyl (C=O) groups excluding carboxylic acids is 1. The summed E-state index contributed by atoms with van der Waals surface area (Å²) in [5.41, 5.74) is 4.28. The number of aromatic amines is 1. The van der Waals surface area contributed by atoms with Crippen LogP contribution in [0.3, 0.4) is 0 Å². The average molecular weight is 290 g/mol. The fourth-order valence-corrected chi connectivity index (χ4v) is 1.87.